The molecule has 0 bridgehead atoms. The SMILES string of the molecule is CCCCCCCCC12CC1=CC(=O)S2.O=C(CO)Nc1ccc(-c2ccc(OC(F)(F)F)cc2)cc1. The Hall–Kier alpha value is -2.78. The van der Waals surface area contributed by atoms with Crippen LogP contribution in [-0.4, -0.2) is 33.8 Å². The van der Waals surface area contributed by atoms with Gasteiger partial charge in [-0.15, -0.1) is 13.2 Å². The maximum Gasteiger partial charge on any atom is 0.573 e. The summed E-state index contributed by atoms with van der Waals surface area (Å²) in [5, 5.41) is 11.4. The molecule has 1 aliphatic carbocycles. The molecule has 4 rings (SSSR count). The van der Waals surface area contributed by atoms with Crippen LogP contribution in [0.15, 0.2) is 60.2 Å². The second kappa shape index (κ2) is 13.1. The summed E-state index contributed by atoms with van der Waals surface area (Å²) in [6.07, 6.45) is 7.70. The van der Waals surface area contributed by atoms with E-state index < -0.39 is 18.9 Å². The predicted molar refractivity (Wildman–Crippen MR) is 140 cm³/mol. The highest BCUT2D eigenvalue weighted by molar-refractivity contribution is 8.16. The minimum Gasteiger partial charge on any atom is -0.406 e. The Labute approximate surface area is 219 Å². The number of thioether (sulfide) groups is 1. The van der Waals surface area contributed by atoms with Gasteiger partial charge in [0.05, 0.1) is 0 Å². The number of anilines is 1. The first-order valence-electron chi connectivity index (χ1n) is 12.4. The second-order valence-corrected chi connectivity index (χ2v) is 10.5. The lowest BCUT2D eigenvalue weighted by Crippen LogP contribution is -2.16. The zero-order valence-corrected chi connectivity index (χ0v) is 21.6. The first-order chi connectivity index (χ1) is 17.6. The molecule has 200 valence electrons. The van der Waals surface area contributed by atoms with Gasteiger partial charge in [0.15, 0.2) is 0 Å². The summed E-state index contributed by atoms with van der Waals surface area (Å²) in [5.41, 5.74) is 3.40. The van der Waals surface area contributed by atoms with Crippen LogP contribution in [0.25, 0.3) is 11.1 Å². The van der Waals surface area contributed by atoms with Gasteiger partial charge in [-0.3, -0.25) is 9.59 Å². The van der Waals surface area contributed by atoms with Crippen molar-refractivity contribution < 1.29 is 32.6 Å². The maximum atomic E-state index is 12.1. The van der Waals surface area contributed by atoms with E-state index in [2.05, 4.69) is 17.0 Å². The van der Waals surface area contributed by atoms with Crippen LogP contribution in [0.4, 0.5) is 18.9 Å². The summed E-state index contributed by atoms with van der Waals surface area (Å²) in [7, 11) is 0. The first kappa shape index (κ1) is 28.8. The van der Waals surface area contributed by atoms with E-state index in [0.29, 0.717) is 21.1 Å². The van der Waals surface area contributed by atoms with Crippen molar-refractivity contribution in [2.45, 2.75) is 69.4 Å². The number of nitrogens with one attached hydrogen (secondary N) is 1. The van der Waals surface area contributed by atoms with E-state index in [0.717, 1.165) is 5.56 Å². The summed E-state index contributed by atoms with van der Waals surface area (Å²) in [6.45, 7) is 1.64. The van der Waals surface area contributed by atoms with Crippen LogP contribution in [0.2, 0.25) is 0 Å². The number of benzene rings is 2. The van der Waals surface area contributed by atoms with Crippen LogP contribution in [-0.2, 0) is 9.59 Å². The van der Waals surface area contributed by atoms with Crippen LogP contribution >= 0.6 is 11.8 Å². The molecule has 1 saturated carbocycles. The molecule has 2 aromatic rings. The number of aliphatic hydroxyl groups is 1. The molecule has 2 N–H and O–H groups in total. The monoisotopic (exact) mass is 535 g/mol. The molecule has 1 unspecified atom stereocenters. The predicted octanol–water partition coefficient (Wildman–Crippen LogP) is 7.26. The number of rotatable bonds is 11. The number of aliphatic hydroxyl groups excluding tert-OH is 1. The van der Waals surface area contributed by atoms with E-state index in [1.807, 2.05) is 6.08 Å². The van der Waals surface area contributed by atoms with Gasteiger partial charge in [-0.05, 0) is 59.9 Å². The van der Waals surface area contributed by atoms with E-state index >= 15 is 0 Å². The number of carbonyl (C=O) groups is 2. The van der Waals surface area contributed by atoms with Gasteiger partial charge in [0, 0.05) is 10.4 Å². The molecule has 0 saturated heterocycles. The normalized spacial score (nSPS) is 17.9. The van der Waals surface area contributed by atoms with Crippen LogP contribution < -0.4 is 10.1 Å². The molecule has 1 fully saturated rings. The van der Waals surface area contributed by atoms with Crippen LogP contribution in [0.3, 0.4) is 0 Å². The summed E-state index contributed by atoms with van der Waals surface area (Å²) >= 11 is 1.58. The summed E-state index contributed by atoms with van der Waals surface area (Å²) in [6, 6.07) is 12.1. The highest BCUT2D eigenvalue weighted by Gasteiger charge is 2.54. The smallest absolute Gasteiger partial charge is 0.406 e. The minimum absolute atomic E-state index is 0.289. The average Bonchev–Trinajstić information content (AvgIpc) is 3.41. The molecular weight excluding hydrogens is 503 g/mol. The molecule has 0 radical (unpaired) electrons. The Balaban J connectivity index is 0.000000220. The number of halogens is 3. The van der Waals surface area contributed by atoms with Gasteiger partial charge in [0.25, 0.3) is 0 Å². The number of fused-ring (bicyclic) bond motifs is 1. The fraction of sp³-hybridized carbons (Fsp3) is 0.429. The molecule has 37 heavy (non-hydrogen) atoms. The molecule has 2 aromatic carbocycles. The van der Waals surface area contributed by atoms with Crippen molar-refractivity contribution in [3.8, 4) is 16.9 Å². The standard InChI is InChI=1S/C15H12F3NO3.C13H20OS/c16-15(17,18)22-13-7-3-11(4-8-13)10-1-5-12(6-2-10)19-14(21)9-20;1-2-3-4-5-6-7-8-13-10-11(13)9-12(14)15-13/h1-8,20H,9H2,(H,19,21);9H,2-8,10H2,1H3. The van der Waals surface area contributed by atoms with Gasteiger partial charge in [-0.25, -0.2) is 0 Å². The van der Waals surface area contributed by atoms with Crippen molar-refractivity contribution in [1.29, 1.82) is 0 Å². The molecule has 2 aliphatic rings. The van der Waals surface area contributed by atoms with Crippen molar-refractivity contribution in [1.82, 2.24) is 0 Å². The average molecular weight is 536 g/mol. The van der Waals surface area contributed by atoms with Gasteiger partial charge >= 0.3 is 6.36 Å². The third-order valence-corrected chi connectivity index (χ3v) is 7.51. The fourth-order valence-electron chi connectivity index (χ4n) is 4.20. The molecule has 1 heterocycles. The van der Waals surface area contributed by atoms with Gasteiger partial charge in [-0.1, -0.05) is 81.5 Å². The highest BCUT2D eigenvalue weighted by Crippen LogP contribution is 2.61. The van der Waals surface area contributed by atoms with Crippen molar-refractivity contribution in [3.63, 3.8) is 0 Å². The lowest BCUT2D eigenvalue weighted by atomic mass is 10.1. The summed E-state index contributed by atoms with van der Waals surface area (Å²) < 4.78 is 40.3. The van der Waals surface area contributed by atoms with Gasteiger partial charge in [0.1, 0.15) is 12.4 Å². The number of hydrogen-bond acceptors (Lipinski definition) is 5. The second-order valence-electron chi connectivity index (χ2n) is 9.14. The van der Waals surface area contributed by atoms with Crippen molar-refractivity contribution in [3.05, 3.63) is 60.2 Å². The number of amides is 1. The van der Waals surface area contributed by atoms with Crippen molar-refractivity contribution in [2.24, 2.45) is 0 Å². The van der Waals surface area contributed by atoms with Crippen molar-refractivity contribution in [2.75, 3.05) is 11.9 Å². The topological polar surface area (TPSA) is 75.6 Å². The third-order valence-electron chi connectivity index (χ3n) is 6.19. The van der Waals surface area contributed by atoms with Gasteiger partial charge in [-0.2, -0.15) is 0 Å². The molecule has 0 aromatic heterocycles. The third kappa shape index (κ3) is 9.23. The molecule has 9 heteroatoms. The van der Waals surface area contributed by atoms with Gasteiger partial charge in [0.2, 0.25) is 11.0 Å². The van der Waals surface area contributed by atoms with Crippen molar-refractivity contribution >= 4 is 28.5 Å². The lowest BCUT2D eigenvalue weighted by molar-refractivity contribution is -0.274. The zero-order chi connectivity index (χ0) is 26.9. The molecule has 1 aliphatic heterocycles. The van der Waals surface area contributed by atoms with Crippen LogP contribution in [0, 0.1) is 0 Å². The number of hydrogen-bond donors (Lipinski definition) is 2. The Morgan fingerprint density at radius 2 is 1.59 bits per heavy atom. The highest BCUT2D eigenvalue weighted by atomic mass is 32.2. The maximum absolute atomic E-state index is 12.1. The number of alkyl halides is 3. The molecular formula is C28H32F3NO4S. The molecule has 5 nitrogen and oxygen atoms in total. The summed E-state index contributed by atoms with van der Waals surface area (Å²) in [4.78, 5) is 22.2. The lowest BCUT2D eigenvalue weighted by Gasteiger charge is -2.09. The number of ether oxygens (including phenoxy) is 1. The first-order valence-corrected chi connectivity index (χ1v) is 13.3. The van der Waals surface area contributed by atoms with Crippen LogP contribution in [0.5, 0.6) is 5.75 Å². The van der Waals surface area contributed by atoms with E-state index in [1.54, 1.807) is 36.0 Å². The number of unbranched alkanes of at least 4 members (excludes halogenated alkanes) is 5. The Bertz CT molecular complexity index is 1080. The van der Waals surface area contributed by atoms with Crippen LogP contribution in [0.1, 0.15) is 58.3 Å². The Morgan fingerprint density at radius 1 is 1.00 bits per heavy atom. The molecule has 0 spiro atoms. The minimum atomic E-state index is -4.71. The van der Waals surface area contributed by atoms with E-state index in [4.69, 9.17) is 5.11 Å². The van der Waals surface area contributed by atoms with E-state index in [9.17, 15) is 22.8 Å². The largest absolute Gasteiger partial charge is 0.573 e. The quantitative estimate of drug-likeness (QED) is 0.296. The molecule has 1 atom stereocenters. The van der Waals surface area contributed by atoms with Gasteiger partial charge < -0.3 is 15.2 Å². The Morgan fingerprint density at radius 3 is 2.14 bits per heavy atom. The molecule has 1 amide bonds. The fourth-order valence-corrected chi connectivity index (χ4v) is 5.45. The summed E-state index contributed by atoms with van der Waals surface area (Å²) in [5.74, 6) is -0.815. The van der Waals surface area contributed by atoms with E-state index in [1.165, 1.54) is 81.2 Å². The number of carbonyl (C=O) groups excluding carboxylic acids is 2. The van der Waals surface area contributed by atoms with E-state index in [-0.39, 0.29) is 5.75 Å². The zero-order valence-electron chi connectivity index (χ0n) is 20.8. The Kier molecular flexibility index (Phi) is 10.2.